The number of rotatable bonds is 5. The quantitative estimate of drug-likeness (QED) is 0.571. The highest BCUT2D eigenvalue weighted by atomic mass is 32.1. The van der Waals surface area contributed by atoms with Crippen molar-refractivity contribution in [2.75, 3.05) is 5.43 Å². The molecule has 0 aromatic carbocycles. The maximum atomic E-state index is 12.1. The van der Waals surface area contributed by atoms with Crippen molar-refractivity contribution in [3.63, 3.8) is 0 Å². The summed E-state index contributed by atoms with van der Waals surface area (Å²) < 4.78 is 0. The zero-order valence-corrected chi connectivity index (χ0v) is 11.3. The third kappa shape index (κ3) is 3.27. The first-order valence-electron chi connectivity index (χ1n) is 5.87. The lowest BCUT2D eigenvalue weighted by Crippen LogP contribution is -2.28. The number of carbonyl (C=O) groups is 1. The van der Waals surface area contributed by atoms with E-state index < -0.39 is 0 Å². The summed E-state index contributed by atoms with van der Waals surface area (Å²) >= 11 is 1.62. The van der Waals surface area contributed by atoms with Crippen LogP contribution < -0.4 is 16.6 Å². The van der Waals surface area contributed by atoms with Gasteiger partial charge < -0.3 is 10.7 Å². The Labute approximate surface area is 115 Å². The van der Waals surface area contributed by atoms with Crippen molar-refractivity contribution in [3.8, 4) is 0 Å². The van der Waals surface area contributed by atoms with Gasteiger partial charge in [0.2, 0.25) is 0 Å². The van der Waals surface area contributed by atoms with Gasteiger partial charge in [-0.2, -0.15) is 0 Å². The van der Waals surface area contributed by atoms with Crippen LogP contribution in [0.5, 0.6) is 0 Å². The van der Waals surface area contributed by atoms with Crippen LogP contribution in [0.15, 0.2) is 29.9 Å². The first-order chi connectivity index (χ1) is 9.24. The highest BCUT2D eigenvalue weighted by molar-refractivity contribution is 7.10. The van der Waals surface area contributed by atoms with E-state index in [-0.39, 0.29) is 17.6 Å². The van der Waals surface area contributed by atoms with Crippen LogP contribution in [0.25, 0.3) is 0 Å². The fourth-order valence-electron chi connectivity index (χ4n) is 1.64. The summed E-state index contributed by atoms with van der Waals surface area (Å²) in [5.74, 6) is 5.34. The van der Waals surface area contributed by atoms with Gasteiger partial charge in [-0.1, -0.05) is 13.0 Å². The summed E-state index contributed by atoms with van der Waals surface area (Å²) in [5, 5.41) is 4.93. The molecule has 2 rings (SSSR count). The topological polar surface area (TPSA) is 92.9 Å². The van der Waals surface area contributed by atoms with E-state index >= 15 is 0 Å². The number of nitrogens with two attached hydrogens (primary N) is 1. The van der Waals surface area contributed by atoms with Crippen molar-refractivity contribution < 1.29 is 4.79 Å². The van der Waals surface area contributed by atoms with Crippen LogP contribution in [0.1, 0.15) is 34.8 Å². The standard InChI is InChI=1S/C12H15N5OS/c1-2-8(10-4-3-5-19-10)16-12(18)9-6-14-7-11(15-9)17-13/h3-8H,2,13H2,1H3,(H,15,17)(H,16,18). The second-order valence-electron chi connectivity index (χ2n) is 3.88. The molecule has 0 spiro atoms. The molecule has 0 aliphatic carbocycles. The van der Waals surface area contributed by atoms with Crippen LogP contribution in [-0.2, 0) is 0 Å². The normalized spacial score (nSPS) is 11.9. The van der Waals surface area contributed by atoms with Gasteiger partial charge in [0.15, 0.2) is 5.82 Å². The van der Waals surface area contributed by atoms with Gasteiger partial charge in [0, 0.05) is 4.88 Å². The summed E-state index contributed by atoms with van der Waals surface area (Å²) in [7, 11) is 0. The lowest BCUT2D eigenvalue weighted by atomic mass is 10.2. The Balaban J connectivity index is 2.11. The van der Waals surface area contributed by atoms with Crippen molar-refractivity contribution in [1.82, 2.24) is 15.3 Å². The van der Waals surface area contributed by atoms with Crippen LogP contribution in [0.2, 0.25) is 0 Å². The Morgan fingerprint density at radius 2 is 2.37 bits per heavy atom. The minimum absolute atomic E-state index is 0.0104. The van der Waals surface area contributed by atoms with Crippen LogP contribution in [-0.4, -0.2) is 15.9 Å². The fraction of sp³-hybridized carbons (Fsp3) is 0.250. The van der Waals surface area contributed by atoms with Gasteiger partial charge in [0.25, 0.3) is 5.91 Å². The third-order valence-corrected chi connectivity index (χ3v) is 3.60. The Hall–Kier alpha value is -1.99. The number of nitrogens with one attached hydrogen (secondary N) is 2. The highest BCUT2D eigenvalue weighted by Gasteiger charge is 2.16. The van der Waals surface area contributed by atoms with Crippen LogP contribution in [0, 0.1) is 0 Å². The lowest BCUT2D eigenvalue weighted by Gasteiger charge is -2.15. The number of hydrazine groups is 1. The number of hydrogen-bond acceptors (Lipinski definition) is 6. The van der Waals surface area contributed by atoms with Crippen molar-refractivity contribution >= 4 is 23.1 Å². The third-order valence-electron chi connectivity index (χ3n) is 2.62. The van der Waals surface area contributed by atoms with Gasteiger partial charge in [-0.3, -0.25) is 9.78 Å². The molecule has 0 aliphatic heterocycles. The monoisotopic (exact) mass is 277 g/mol. The molecule has 2 aromatic heterocycles. The Morgan fingerprint density at radius 3 is 3.00 bits per heavy atom. The predicted molar refractivity (Wildman–Crippen MR) is 74.7 cm³/mol. The molecule has 0 aliphatic rings. The largest absolute Gasteiger partial charge is 0.343 e. The molecule has 7 heteroatoms. The first kappa shape index (κ1) is 13.4. The summed E-state index contributed by atoms with van der Waals surface area (Å²) in [5.41, 5.74) is 2.61. The van der Waals surface area contributed by atoms with E-state index in [4.69, 9.17) is 5.84 Å². The zero-order chi connectivity index (χ0) is 13.7. The van der Waals surface area contributed by atoms with Gasteiger partial charge in [0.05, 0.1) is 18.4 Å². The molecule has 4 N–H and O–H groups in total. The minimum Gasteiger partial charge on any atom is -0.343 e. The number of amides is 1. The Bertz CT molecular complexity index is 543. The second kappa shape index (κ2) is 6.26. The number of carbonyl (C=O) groups excluding carboxylic acids is 1. The average molecular weight is 277 g/mol. The van der Waals surface area contributed by atoms with Crippen molar-refractivity contribution in [3.05, 3.63) is 40.5 Å². The summed E-state index contributed by atoms with van der Waals surface area (Å²) in [6.07, 6.45) is 3.68. The highest BCUT2D eigenvalue weighted by Crippen LogP contribution is 2.21. The van der Waals surface area contributed by atoms with Gasteiger partial charge in [-0.15, -0.1) is 11.3 Å². The molecule has 0 saturated heterocycles. The predicted octanol–water partition coefficient (Wildman–Crippen LogP) is 1.70. The summed E-state index contributed by atoms with van der Waals surface area (Å²) in [6.45, 7) is 2.02. The SMILES string of the molecule is CCC(NC(=O)c1cncc(NN)n1)c1cccs1. The number of anilines is 1. The van der Waals surface area contributed by atoms with Gasteiger partial charge >= 0.3 is 0 Å². The molecule has 0 fully saturated rings. The van der Waals surface area contributed by atoms with E-state index in [9.17, 15) is 4.79 Å². The molecule has 0 bridgehead atoms. The minimum atomic E-state index is -0.259. The molecule has 19 heavy (non-hydrogen) atoms. The molecule has 6 nitrogen and oxygen atoms in total. The number of thiophene rings is 1. The number of hydrogen-bond donors (Lipinski definition) is 3. The van der Waals surface area contributed by atoms with Crippen molar-refractivity contribution in [2.45, 2.75) is 19.4 Å². The van der Waals surface area contributed by atoms with Gasteiger partial charge in [-0.05, 0) is 17.9 Å². The van der Waals surface area contributed by atoms with E-state index in [0.29, 0.717) is 5.82 Å². The van der Waals surface area contributed by atoms with Crippen molar-refractivity contribution in [1.29, 1.82) is 0 Å². The van der Waals surface area contributed by atoms with Crippen LogP contribution in [0.3, 0.4) is 0 Å². The number of nitrogens with zero attached hydrogens (tertiary/aromatic N) is 2. The number of aromatic nitrogens is 2. The van der Waals surface area contributed by atoms with Crippen molar-refractivity contribution in [2.24, 2.45) is 5.84 Å². The molecule has 1 unspecified atom stereocenters. The lowest BCUT2D eigenvalue weighted by molar-refractivity contribution is 0.0931. The maximum absolute atomic E-state index is 12.1. The zero-order valence-electron chi connectivity index (χ0n) is 10.5. The molecular formula is C12H15N5OS. The van der Waals surface area contributed by atoms with E-state index in [1.54, 1.807) is 11.3 Å². The van der Waals surface area contributed by atoms with Crippen LogP contribution >= 0.6 is 11.3 Å². The van der Waals surface area contributed by atoms with Gasteiger partial charge in [0.1, 0.15) is 5.69 Å². The molecule has 1 amide bonds. The average Bonchev–Trinajstić information content (AvgIpc) is 2.98. The van der Waals surface area contributed by atoms with Gasteiger partial charge in [-0.25, -0.2) is 10.8 Å². The molecule has 1 atom stereocenters. The first-order valence-corrected chi connectivity index (χ1v) is 6.75. The van der Waals surface area contributed by atoms with E-state index in [2.05, 4.69) is 20.7 Å². The molecule has 2 heterocycles. The van der Waals surface area contributed by atoms with E-state index in [1.807, 2.05) is 24.4 Å². The fourth-order valence-corrected chi connectivity index (χ4v) is 2.50. The molecular weight excluding hydrogens is 262 g/mol. The Morgan fingerprint density at radius 1 is 1.53 bits per heavy atom. The summed E-state index contributed by atoms with van der Waals surface area (Å²) in [6, 6.07) is 3.96. The maximum Gasteiger partial charge on any atom is 0.272 e. The Kier molecular flexibility index (Phi) is 4.43. The van der Waals surface area contributed by atoms with E-state index in [1.165, 1.54) is 12.4 Å². The molecule has 0 radical (unpaired) electrons. The molecule has 0 saturated carbocycles. The summed E-state index contributed by atoms with van der Waals surface area (Å²) in [4.78, 5) is 21.2. The second-order valence-corrected chi connectivity index (χ2v) is 4.86. The molecule has 100 valence electrons. The molecule has 2 aromatic rings. The smallest absolute Gasteiger partial charge is 0.272 e. The van der Waals surface area contributed by atoms with Crippen LogP contribution in [0.4, 0.5) is 5.82 Å². The number of nitrogen functional groups attached to an aromatic ring is 1. The van der Waals surface area contributed by atoms with E-state index in [0.717, 1.165) is 11.3 Å².